The molecule has 1 aliphatic heterocycles. The van der Waals surface area contributed by atoms with Gasteiger partial charge in [0.1, 0.15) is 10.9 Å². The van der Waals surface area contributed by atoms with Crippen molar-refractivity contribution in [3.63, 3.8) is 0 Å². The molecule has 3 aromatic rings. The highest BCUT2D eigenvalue weighted by molar-refractivity contribution is 7.08. The Bertz CT molecular complexity index is 904. The van der Waals surface area contributed by atoms with Gasteiger partial charge in [0, 0.05) is 10.9 Å². The van der Waals surface area contributed by atoms with Crippen LogP contribution < -0.4 is 4.90 Å². The number of thiophene rings is 1. The van der Waals surface area contributed by atoms with E-state index in [0.717, 1.165) is 16.9 Å². The lowest BCUT2D eigenvalue weighted by atomic mass is 10.1. The van der Waals surface area contributed by atoms with Gasteiger partial charge in [-0.2, -0.15) is 11.3 Å². The molecule has 0 unspecified atom stereocenters. The normalized spacial score (nSPS) is 15.3. The smallest absolute Gasteiger partial charge is 0.274 e. The standard InChI is InChI=1S/C17H10ClN3OS/c18-15-6-5-11(9-19-15)20-16-13-3-1-2-4-14(13)21(17(16)22)12-7-8-23-10-12/h1-10H. The molecule has 0 fully saturated rings. The van der Waals surface area contributed by atoms with E-state index in [0.29, 0.717) is 16.6 Å². The Kier molecular flexibility index (Phi) is 3.44. The average Bonchev–Trinajstić information content (AvgIpc) is 3.17. The summed E-state index contributed by atoms with van der Waals surface area (Å²) in [5, 5.41) is 4.29. The van der Waals surface area contributed by atoms with Crippen LogP contribution in [0.5, 0.6) is 0 Å². The maximum absolute atomic E-state index is 12.9. The number of carbonyl (C=O) groups excluding carboxylic acids is 1. The van der Waals surface area contributed by atoms with Crippen LogP contribution in [0, 0.1) is 0 Å². The first-order chi connectivity index (χ1) is 11.2. The fraction of sp³-hybridized carbons (Fsp3) is 0. The Morgan fingerprint density at radius 2 is 2.00 bits per heavy atom. The van der Waals surface area contributed by atoms with Gasteiger partial charge >= 0.3 is 0 Å². The van der Waals surface area contributed by atoms with Gasteiger partial charge in [0.15, 0.2) is 0 Å². The Balaban J connectivity index is 1.85. The summed E-state index contributed by atoms with van der Waals surface area (Å²) in [6.07, 6.45) is 1.55. The van der Waals surface area contributed by atoms with Crippen molar-refractivity contribution in [1.82, 2.24) is 4.98 Å². The van der Waals surface area contributed by atoms with Crippen LogP contribution in [0.3, 0.4) is 0 Å². The van der Waals surface area contributed by atoms with E-state index in [1.165, 1.54) is 0 Å². The highest BCUT2D eigenvalue weighted by atomic mass is 35.5. The second kappa shape index (κ2) is 5.61. The number of aromatic nitrogens is 1. The topological polar surface area (TPSA) is 45.6 Å². The second-order valence-electron chi connectivity index (χ2n) is 4.94. The molecule has 0 atom stereocenters. The predicted octanol–water partition coefficient (Wildman–Crippen LogP) is 4.60. The average molecular weight is 340 g/mol. The number of hydrogen-bond acceptors (Lipinski definition) is 4. The summed E-state index contributed by atoms with van der Waals surface area (Å²) in [5.74, 6) is -0.139. The number of fused-ring (bicyclic) bond motifs is 1. The van der Waals surface area contributed by atoms with Crippen LogP contribution in [0.25, 0.3) is 0 Å². The quantitative estimate of drug-likeness (QED) is 0.641. The van der Waals surface area contributed by atoms with Crippen LogP contribution in [-0.4, -0.2) is 16.6 Å². The van der Waals surface area contributed by atoms with E-state index in [9.17, 15) is 4.79 Å². The van der Waals surface area contributed by atoms with Crippen LogP contribution in [0.4, 0.5) is 17.1 Å². The third kappa shape index (κ3) is 2.44. The zero-order valence-electron chi connectivity index (χ0n) is 11.8. The summed E-state index contributed by atoms with van der Waals surface area (Å²) in [5.41, 5.74) is 3.53. The molecule has 0 radical (unpaired) electrons. The lowest BCUT2D eigenvalue weighted by Gasteiger charge is -2.14. The molecule has 3 heterocycles. The number of aliphatic imine (C=N–C) groups is 1. The van der Waals surface area contributed by atoms with Crippen molar-refractivity contribution < 1.29 is 4.79 Å². The van der Waals surface area contributed by atoms with Gasteiger partial charge in [-0.3, -0.25) is 9.69 Å². The number of pyridine rings is 1. The minimum atomic E-state index is -0.139. The molecule has 0 saturated carbocycles. The second-order valence-corrected chi connectivity index (χ2v) is 6.11. The molecule has 6 heteroatoms. The van der Waals surface area contributed by atoms with Gasteiger partial charge < -0.3 is 0 Å². The Morgan fingerprint density at radius 3 is 2.74 bits per heavy atom. The summed E-state index contributed by atoms with van der Waals surface area (Å²) in [4.78, 5) is 23.1. The third-order valence-electron chi connectivity index (χ3n) is 3.52. The van der Waals surface area contributed by atoms with Crippen molar-refractivity contribution in [2.75, 3.05) is 4.90 Å². The van der Waals surface area contributed by atoms with E-state index >= 15 is 0 Å². The van der Waals surface area contributed by atoms with Gasteiger partial charge in [0.2, 0.25) is 0 Å². The molecular weight excluding hydrogens is 330 g/mol. The highest BCUT2D eigenvalue weighted by Gasteiger charge is 2.34. The molecule has 112 valence electrons. The minimum absolute atomic E-state index is 0.139. The molecule has 0 spiro atoms. The summed E-state index contributed by atoms with van der Waals surface area (Å²) >= 11 is 7.35. The molecule has 23 heavy (non-hydrogen) atoms. The minimum Gasteiger partial charge on any atom is -0.274 e. The monoisotopic (exact) mass is 339 g/mol. The van der Waals surface area contributed by atoms with E-state index in [1.807, 2.05) is 41.1 Å². The molecular formula is C17H10ClN3OS. The fourth-order valence-corrected chi connectivity index (χ4v) is 3.24. The number of amides is 1. The number of para-hydroxylation sites is 1. The molecule has 0 saturated heterocycles. The summed E-state index contributed by atoms with van der Waals surface area (Å²) in [6, 6.07) is 13.0. The molecule has 0 aliphatic carbocycles. The van der Waals surface area contributed by atoms with Crippen LogP contribution in [0.1, 0.15) is 5.56 Å². The number of hydrogen-bond donors (Lipinski definition) is 0. The number of anilines is 2. The van der Waals surface area contributed by atoms with E-state index in [-0.39, 0.29) is 5.91 Å². The molecule has 0 N–H and O–H groups in total. The molecule has 4 rings (SSSR count). The zero-order chi connectivity index (χ0) is 15.8. The number of halogens is 1. The van der Waals surface area contributed by atoms with Crippen molar-refractivity contribution in [3.8, 4) is 0 Å². The van der Waals surface area contributed by atoms with Crippen molar-refractivity contribution in [2.45, 2.75) is 0 Å². The van der Waals surface area contributed by atoms with E-state index in [2.05, 4.69) is 9.98 Å². The first-order valence-electron chi connectivity index (χ1n) is 6.90. The molecule has 4 nitrogen and oxygen atoms in total. The van der Waals surface area contributed by atoms with Crippen LogP contribution in [0.15, 0.2) is 64.4 Å². The van der Waals surface area contributed by atoms with Gasteiger partial charge in [0.05, 0.1) is 23.3 Å². The number of carbonyl (C=O) groups is 1. The predicted molar refractivity (Wildman–Crippen MR) is 93.4 cm³/mol. The molecule has 2 aromatic heterocycles. The number of benzene rings is 1. The van der Waals surface area contributed by atoms with E-state index < -0.39 is 0 Å². The SMILES string of the molecule is O=C1C(=Nc2ccc(Cl)nc2)c2ccccc2N1c1ccsc1. The Morgan fingerprint density at radius 1 is 1.13 bits per heavy atom. The van der Waals surface area contributed by atoms with Crippen molar-refractivity contribution in [2.24, 2.45) is 4.99 Å². The van der Waals surface area contributed by atoms with Gasteiger partial charge in [-0.25, -0.2) is 9.98 Å². The maximum Gasteiger partial charge on any atom is 0.282 e. The fourth-order valence-electron chi connectivity index (χ4n) is 2.51. The Labute approximate surface area is 141 Å². The third-order valence-corrected chi connectivity index (χ3v) is 4.42. The lowest BCUT2D eigenvalue weighted by molar-refractivity contribution is -0.111. The molecule has 0 bridgehead atoms. The van der Waals surface area contributed by atoms with Crippen molar-refractivity contribution >= 4 is 51.6 Å². The van der Waals surface area contributed by atoms with Gasteiger partial charge in [-0.1, -0.05) is 29.8 Å². The number of rotatable bonds is 2. The zero-order valence-corrected chi connectivity index (χ0v) is 13.4. The Hall–Kier alpha value is -2.50. The van der Waals surface area contributed by atoms with Crippen molar-refractivity contribution in [3.05, 3.63) is 70.1 Å². The van der Waals surface area contributed by atoms with Crippen LogP contribution in [0.2, 0.25) is 5.15 Å². The lowest BCUT2D eigenvalue weighted by Crippen LogP contribution is -2.24. The maximum atomic E-state index is 12.9. The van der Waals surface area contributed by atoms with Gasteiger partial charge in [0.25, 0.3) is 5.91 Å². The van der Waals surface area contributed by atoms with E-state index in [1.54, 1.807) is 34.6 Å². The van der Waals surface area contributed by atoms with Crippen LogP contribution in [-0.2, 0) is 4.79 Å². The van der Waals surface area contributed by atoms with Crippen molar-refractivity contribution in [1.29, 1.82) is 0 Å². The van der Waals surface area contributed by atoms with E-state index in [4.69, 9.17) is 11.6 Å². The molecule has 1 amide bonds. The van der Waals surface area contributed by atoms with Gasteiger partial charge in [-0.05, 0) is 29.6 Å². The molecule has 1 aromatic carbocycles. The van der Waals surface area contributed by atoms with Crippen LogP contribution >= 0.6 is 22.9 Å². The largest absolute Gasteiger partial charge is 0.282 e. The number of nitrogens with zero attached hydrogens (tertiary/aromatic N) is 3. The first-order valence-corrected chi connectivity index (χ1v) is 8.22. The van der Waals surface area contributed by atoms with Gasteiger partial charge in [-0.15, -0.1) is 0 Å². The summed E-state index contributed by atoms with van der Waals surface area (Å²) < 4.78 is 0. The first kappa shape index (κ1) is 14.1. The molecule has 1 aliphatic rings. The summed E-state index contributed by atoms with van der Waals surface area (Å²) in [7, 11) is 0. The highest BCUT2D eigenvalue weighted by Crippen LogP contribution is 2.37. The summed E-state index contributed by atoms with van der Waals surface area (Å²) in [6.45, 7) is 0.